The number of piperidine rings is 1. The number of benzene rings is 1. The summed E-state index contributed by atoms with van der Waals surface area (Å²) >= 11 is 0. The van der Waals surface area contributed by atoms with Crippen molar-refractivity contribution in [3.8, 4) is 0 Å². The zero-order valence-corrected chi connectivity index (χ0v) is 12.0. The molecule has 1 aromatic rings. The second kappa shape index (κ2) is 5.90. The summed E-state index contributed by atoms with van der Waals surface area (Å²) in [6.45, 7) is 2.57. The summed E-state index contributed by atoms with van der Waals surface area (Å²) in [6, 6.07) is 6.37. The first-order chi connectivity index (χ1) is 8.97. The lowest BCUT2D eigenvalue weighted by Gasteiger charge is -2.28. The number of hydrogen-bond donors (Lipinski definition) is 2. The van der Waals surface area contributed by atoms with Crippen LogP contribution in [-0.4, -0.2) is 40.0 Å². The molecule has 106 valence electrons. The fraction of sp³-hybridized carbons (Fsp3) is 0.538. The van der Waals surface area contributed by atoms with Gasteiger partial charge >= 0.3 is 0 Å². The Morgan fingerprint density at radius 3 is 2.68 bits per heavy atom. The number of nitrogens with two attached hydrogens (primary N) is 1. The van der Waals surface area contributed by atoms with Crippen LogP contribution in [0, 0.1) is 5.92 Å². The van der Waals surface area contributed by atoms with Crippen LogP contribution in [-0.2, 0) is 10.0 Å². The summed E-state index contributed by atoms with van der Waals surface area (Å²) in [7, 11) is -1.35. The Hall–Kier alpha value is -1.11. The van der Waals surface area contributed by atoms with Gasteiger partial charge in [0.05, 0.1) is 4.90 Å². The number of rotatable bonds is 4. The molecule has 0 amide bonds. The zero-order chi connectivity index (χ0) is 13.9. The van der Waals surface area contributed by atoms with Crippen molar-refractivity contribution < 1.29 is 8.42 Å². The highest BCUT2D eigenvalue weighted by molar-refractivity contribution is 7.89. The Morgan fingerprint density at radius 1 is 1.37 bits per heavy atom. The average molecular weight is 283 g/mol. The predicted octanol–water partition coefficient (Wildman–Crippen LogP) is 0.889. The van der Waals surface area contributed by atoms with E-state index in [0.29, 0.717) is 18.2 Å². The fourth-order valence-electron chi connectivity index (χ4n) is 2.26. The minimum atomic E-state index is -3.44. The molecule has 0 aromatic heterocycles. The molecule has 6 heteroatoms. The van der Waals surface area contributed by atoms with Crippen LogP contribution in [0.5, 0.6) is 0 Å². The van der Waals surface area contributed by atoms with Crippen molar-refractivity contribution in [1.29, 1.82) is 0 Å². The third kappa shape index (κ3) is 3.92. The van der Waals surface area contributed by atoms with E-state index in [-0.39, 0.29) is 4.90 Å². The molecule has 1 aromatic carbocycles. The Kier molecular flexibility index (Phi) is 4.44. The van der Waals surface area contributed by atoms with E-state index in [1.54, 1.807) is 18.2 Å². The van der Waals surface area contributed by atoms with Crippen LogP contribution in [0.4, 0.5) is 5.69 Å². The largest absolute Gasteiger partial charge is 0.399 e. The van der Waals surface area contributed by atoms with Gasteiger partial charge in [-0.1, -0.05) is 6.07 Å². The first-order valence-electron chi connectivity index (χ1n) is 6.51. The maximum absolute atomic E-state index is 12.1. The van der Waals surface area contributed by atoms with Gasteiger partial charge in [-0.25, -0.2) is 13.1 Å². The molecule has 1 fully saturated rings. The molecule has 0 saturated carbocycles. The van der Waals surface area contributed by atoms with Crippen molar-refractivity contribution in [3.05, 3.63) is 24.3 Å². The lowest BCUT2D eigenvalue weighted by atomic mass is 9.98. The molecule has 1 aliphatic heterocycles. The smallest absolute Gasteiger partial charge is 0.240 e. The molecule has 3 N–H and O–H groups in total. The topological polar surface area (TPSA) is 75.4 Å². The third-order valence-corrected chi connectivity index (χ3v) is 4.99. The zero-order valence-electron chi connectivity index (χ0n) is 11.2. The van der Waals surface area contributed by atoms with Crippen LogP contribution >= 0.6 is 0 Å². The van der Waals surface area contributed by atoms with Gasteiger partial charge in [0.25, 0.3) is 0 Å². The van der Waals surface area contributed by atoms with Crippen molar-refractivity contribution in [2.45, 2.75) is 17.7 Å². The lowest BCUT2D eigenvalue weighted by molar-refractivity contribution is 0.220. The standard InChI is InChI=1S/C13H21N3O2S/c1-16-7-5-11(6-8-16)10-15-19(17,18)13-4-2-3-12(14)9-13/h2-4,9,11,15H,5-8,10,14H2,1H3. The highest BCUT2D eigenvalue weighted by Crippen LogP contribution is 2.17. The number of anilines is 1. The molecule has 1 saturated heterocycles. The molecule has 19 heavy (non-hydrogen) atoms. The van der Waals surface area contributed by atoms with Gasteiger partial charge in [-0.15, -0.1) is 0 Å². The molecular formula is C13H21N3O2S. The van der Waals surface area contributed by atoms with Crippen LogP contribution in [0.25, 0.3) is 0 Å². The lowest BCUT2D eigenvalue weighted by Crippen LogP contribution is -2.36. The van der Waals surface area contributed by atoms with Crippen LogP contribution in [0.3, 0.4) is 0 Å². The van der Waals surface area contributed by atoms with E-state index in [9.17, 15) is 8.42 Å². The second-order valence-corrected chi connectivity index (χ2v) is 6.94. The van der Waals surface area contributed by atoms with E-state index >= 15 is 0 Å². The van der Waals surface area contributed by atoms with Crippen LogP contribution in [0.15, 0.2) is 29.2 Å². The van der Waals surface area contributed by atoms with E-state index in [1.807, 2.05) is 0 Å². The molecule has 0 unspecified atom stereocenters. The fourth-order valence-corrected chi connectivity index (χ4v) is 3.43. The Balaban J connectivity index is 1.95. The number of sulfonamides is 1. The van der Waals surface area contributed by atoms with Crippen molar-refractivity contribution in [2.75, 3.05) is 32.4 Å². The minimum absolute atomic E-state index is 0.237. The summed E-state index contributed by atoms with van der Waals surface area (Å²) < 4.78 is 26.9. The first kappa shape index (κ1) is 14.3. The number of nitrogens with zero attached hydrogens (tertiary/aromatic N) is 1. The highest BCUT2D eigenvalue weighted by Gasteiger charge is 2.20. The summed E-state index contributed by atoms with van der Waals surface area (Å²) in [5.41, 5.74) is 6.07. The molecule has 0 radical (unpaired) electrons. The van der Waals surface area contributed by atoms with Gasteiger partial charge in [0.1, 0.15) is 0 Å². The summed E-state index contributed by atoms with van der Waals surface area (Å²) in [6.07, 6.45) is 2.08. The summed E-state index contributed by atoms with van der Waals surface area (Å²) in [5, 5.41) is 0. The van der Waals surface area contributed by atoms with E-state index in [2.05, 4.69) is 16.7 Å². The predicted molar refractivity (Wildman–Crippen MR) is 76.3 cm³/mol. The Labute approximate surface area is 114 Å². The van der Waals surface area contributed by atoms with Crippen LogP contribution < -0.4 is 10.5 Å². The van der Waals surface area contributed by atoms with Gasteiger partial charge in [-0.2, -0.15) is 0 Å². The molecule has 0 aliphatic carbocycles. The van der Waals surface area contributed by atoms with Crippen LogP contribution in [0.1, 0.15) is 12.8 Å². The molecule has 5 nitrogen and oxygen atoms in total. The van der Waals surface area contributed by atoms with E-state index in [1.165, 1.54) is 6.07 Å². The number of likely N-dealkylation sites (tertiary alicyclic amines) is 1. The molecule has 0 spiro atoms. The monoisotopic (exact) mass is 283 g/mol. The summed E-state index contributed by atoms with van der Waals surface area (Å²) in [4.78, 5) is 2.50. The Morgan fingerprint density at radius 2 is 2.05 bits per heavy atom. The first-order valence-corrected chi connectivity index (χ1v) is 7.99. The maximum Gasteiger partial charge on any atom is 0.240 e. The van der Waals surface area contributed by atoms with Gasteiger partial charge in [0, 0.05) is 12.2 Å². The van der Waals surface area contributed by atoms with E-state index in [4.69, 9.17) is 5.73 Å². The van der Waals surface area contributed by atoms with E-state index < -0.39 is 10.0 Å². The minimum Gasteiger partial charge on any atom is -0.399 e. The average Bonchev–Trinajstić information content (AvgIpc) is 2.38. The van der Waals surface area contributed by atoms with Crippen molar-refractivity contribution in [2.24, 2.45) is 5.92 Å². The summed E-state index contributed by atoms with van der Waals surface area (Å²) in [5.74, 6) is 0.423. The maximum atomic E-state index is 12.1. The van der Waals surface area contributed by atoms with Crippen LogP contribution in [0.2, 0.25) is 0 Å². The highest BCUT2D eigenvalue weighted by atomic mass is 32.2. The second-order valence-electron chi connectivity index (χ2n) is 5.17. The van der Waals surface area contributed by atoms with Crippen molar-refractivity contribution >= 4 is 15.7 Å². The SMILES string of the molecule is CN1CCC(CNS(=O)(=O)c2cccc(N)c2)CC1. The third-order valence-electron chi connectivity index (χ3n) is 3.57. The quantitative estimate of drug-likeness (QED) is 0.805. The molecule has 0 atom stereocenters. The normalized spacial score (nSPS) is 18.6. The number of hydrogen-bond acceptors (Lipinski definition) is 4. The molecular weight excluding hydrogens is 262 g/mol. The number of nitrogens with one attached hydrogen (secondary N) is 1. The van der Waals surface area contributed by atoms with Gasteiger partial charge < -0.3 is 10.6 Å². The van der Waals surface area contributed by atoms with E-state index in [0.717, 1.165) is 25.9 Å². The molecule has 1 aliphatic rings. The number of nitrogen functional groups attached to an aromatic ring is 1. The van der Waals surface area contributed by atoms with Gasteiger partial charge in [-0.3, -0.25) is 0 Å². The molecule has 1 heterocycles. The van der Waals surface area contributed by atoms with Gasteiger partial charge in [-0.05, 0) is 57.1 Å². The van der Waals surface area contributed by atoms with Crippen molar-refractivity contribution in [3.63, 3.8) is 0 Å². The van der Waals surface area contributed by atoms with Gasteiger partial charge in [0.2, 0.25) is 10.0 Å². The molecule has 2 rings (SSSR count). The Bertz CT molecular complexity index is 522. The molecule has 0 bridgehead atoms. The van der Waals surface area contributed by atoms with Gasteiger partial charge in [0.15, 0.2) is 0 Å². The van der Waals surface area contributed by atoms with Crippen molar-refractivity contribution in [1.82, 2.24) is 9.62 Å².